The lowest BCUT2D eigenvalue weighted by Gasteiger charge is -2.20. The Morgan fingerprint density at radius 2 is 1.85 bits per heavy atom. The van der Waals surface area contributed by atoms with Crippen molar-refractivity contribution < 1.29 is 14.3 Å². The van der Waals surface area contributed by atoms with Crippen LogP contribution >= 0.6 is 11.8 Å². The first-order valence-electron chi connectivity index (χ1n) is 10.3. The number of pyridine rings is 1. The van der Waals surface area contributed by atoms with Gasteiger partial charge in [0, 0.05) is 18.0 Å². The lowest BCUT2D eigenvalue weighted by Crippen LogP contribution is -2.35. The predicted octanol–water partition coefficient (Wildman–Crippen LogP) is 4.28. The Bertz CT molecular complexity index is 1390. The third-order valence-electron chi connectivity index (χ3n) is 5.05. The van der Waals surface area contributed by atoms with E-state index in [1.54, 1.807) is 60.9 Å². The maximum atomic E-state index is 12.6. The van der Waals surface area contributed by atoms with E-state index in [4.69, 9.17) is 10.1 Å². The topological polar surface area (TPSA) is 108 Å². The van der Waals surface area contributed by atoms with Crippen molar-refractivity contribution in [2.45, 2.75) is 6.92 Å². The number of amides is 1. The molecule has 5 rings (SSSR count). The molecule has 34 heavy (non-hydrogen) atoms. The van der Waals surface area contributed by atoms with Gasteiger partial charge in [0.25, 0.3) is 5.91 Å². The number of benzene rings is 2. The van der Waals surface area contributed by atoms with Gasteiger partial charge in [-0.2, -0.15) is 15.1 Å². The Morgan fingerprint density at radius 1 is 1.09 bits per heavy atom. The molecule has 166 valence electrons. The Kier molecular flexibility index (Phi) is 5.60. The number of hydrogen-bond acceptors (Lipinski definition) is 7. The Balaban J connectivity index is 1.33. The molecule has 0 saturated carbocycles. The van der Waals surface area contributed by atoms with Crippen molar-refractivity contribution in [3.8, 4) is 5.75 Å². The zero-order valence-electron chi connectivity index (χ0n) is 17.9. The summed E-state index contributed by atoms with van der Waals surface area (Å²) in [4.78, 5) is 33.1. The predicted molar refractivity (Wildman–Crippen MR) is 131 cm³/mol. The number of ether oxygens (including phenoxy) is 1. The van der Waals surface area contributed by atoms with Crippen LogP contribution in [0.25, 0.3) is 6.08 Å². The number of carbonyl (C=O) groups is 2. The fraction of sp³-hybridized carbons (Fsp3) is 0.0400. The fourth-order valence-corrected chi connectivity index (χ4v) is 4.13. The molecule has 2 aromatic carbocycles. The fourth-order valence-electron chi connectivity index (χ4n) is 3.25. The van der Waals surface area contributed by atoms with Gasteiger partial charge in [0.1, 0.15) is 10.8 Å². The molecule has 2 aliphatic heterocycles. The summed E-state index contributed by atoms with van der Waals surface area (Å²) >= 11 is 1.22. The number of nitrogens with one attached hydrogen (secondary N) is 1. The molecule has 1 aromatic heterocycles. The number of carbonyl (C=O) groups excluding carboxylic acids is 2. The number of fused-ring (bicyclic) bond motifs is 1. The normalized spacial score (nSPS) is 16.3. The smallest absolute Gasteiger partial charge is 0.343 e. The summed E-state index contributed by atoms with van der Waals surface area (Å²) in [7, 11) is 0. The first-order valence-corrected chi connectivity index (χ1v) is 11.1. The zero-order valence-corrected chi connectivity index (χ0v) is 18.7. The Labute approximate surface area is 199 Å². The van der Waals surface area contributed by atoms with Crippen LogP contribution in [0.15, 0.2) is 88.7 Å². The van der Waals surface area contributed by atoms with Crippen molar-refractivity contribution in [1.29, 1.82) is 5.41 Å². The van der Waals surface area contributed by atoms with Gasteiger partial charge in [-0.25, -0.2) is 4.79 Å². The number of rotatable bonds is 4. The molecule has 0 aliphatic carbocycles. The van der Waals surface area contributed by atoms with Crippen molar-refractivity contribution in [3.05, 3.63) is 101 Å². The molecule has 8 nitrogen and oxygen atoms in total. The molecule has 0 unspecified atom stereocenters. The third-order valence-corrected chi connectivity index (χ3v) is 6.01. The molecule has 1 N–H and O–H groups in total. The average Bonchev–Trinajstić information content (AvgIpc) is 3.28. The van der Waals surface area contributed by atoms with Crippen molar-refractivity contribution in [1.82, 2.24) is 9.99 Å². The second-order valence-electron chi connectivity index (χ2n) is 7.49. The average molecular weight is 468 g/mol. The summed E-state index contributed by atoms with van der Waals surface area (Å²) in [5, 5.41) is 15.2. The van der Waals surface area contributed by atoms with Crippen LogP contribution in [-0.2, 0) is 4.79 Å². The van der Waals surface area contributed by atoms with E-state index in [9.17, 15) is 9.59 Å². The highest BCUT2D eigenvalue weighted by atomic mass is 32.2. The maximum absolute atomic E-state index is 12.6. The number of hydrazone groups is 1. The first-order chi connectivity index (χ1) is 16.5. The monoisotopic (exact) mass is 467 g/mol. The maximum Gasteiger partial charge on any atom is 0.343 e. The van der Waals surface area contributed by atoms with Crippen LogP contribution in [-0.4, -0.2) is 37.9 Å². The van der Waals surface area contributed by atoms with E-state index in [2.05, 4.69) is 15.1 Å². The summed E-state index contributed by atoms with van der Waals surface area (Å²) in [6.07, 6.45) is 4.90. The van der Waals surface area contributed by atoms with E-state index in [1.165, 1.54) is 16.8 Å². The summed E-state index contributed by atoms with van der Waals surface area (Å²) < 4.78 is 5.41. The number of amidine groups is 2. The van der Waals surface area contributed by atoms with Crippen LogP contribution in [0.2, 0.25) is 0 Å². The van der Waals surface area contributed by atoms with Gasteiger partial charge in [-0.3, -0.25) is 15.2 Å². The quantitative estimate of drug-likeness (QED) is 0.349. The van der Waals surface area contributed by atoms with E-state index < -0.39 is 11.9 Å². The minimum absolute atomic E-state index is 0.0590. The number of esters is 1. The van der Waals surface area contributed by atoms with Gasteiger partial charge in [0.15, 0.2) is 5.84 Å². The van der Waals surface area contributed by atoms with Gasteiger partial charge in [0.05, 0.1) is 11.1 Å². The summed E-state index contributed by atoms with van der Waals surface area (Å²) in [5.74, 6) is -0.650. The second-order valence-corrected chi connectivity index (χ2v) is 8.45. The van der Waals surface area contributed by atoms with Crippen molar-refractivity contribution in [2.75, 3.05) is 0 Å². The Hall–Kier alpha value is -4.37. The van der Waals surface area contributed by atoms with Gasteiger partial charge in [0.2, 0.25) is 5.17 Å². The van der Waals surface area contributed by atoms with E-state index in [-0.39, 0.29) is 11.4 Å². The number of nitrogens with zero attached hydrogens (tertiary/aromatic N) is 4. The molecular weight excluding hydrogens is 450 g/mol. The molecule has 0 saturated heterocycles. The van der Waals surface area contributed by atoms with Crippen LogP contribution in [0.4, 0.5) is 0 Å². The summed E-state index contributed by atoms with van der Waals surface area (Å²) in [6.45, 7) is 1.94. The SMILES string of the molecule is Cc1ccc(C(=O)Oc2ccc(C=C3C(=N)N4N=C(c5cccnc5)SC4=NC3=O)cc2)cc1. The van der Waals surface area contributed by atoms with Gasteiger partial charge >= 0.3 is 5.97 Å². The van der Waals surface area contributed by atoms with E-state index >= 15 is 0 Å². The van der Waals surface area contributed by atoms with Gasteiger partial charge in [-0.05, 0) is 66.7 Å². The van der Waals surface area contributed by atoms with E-state index in [1.807, 2.05) is 25.1 Å². The molecular formula is C25H17N5O3S. The standard InChI is InChI=1S/C25H17N5O3S/c1-15-4-8-17(9-5-15)24(32)33-19-10-6-16(7-11-19)13-20-21(26)30-25(28-22(20)31)34-23(29-30)18-3-2-12-27-14-18/h2-14,26H,1H3. The number of aliphatic imine (C=N–C) groups is 1. The molecule has 1 amide bonds. The first kappa shape index (κ1) is 21.5. The molecule has 2 aliphatic rings. The lowest BCUT2D eigenvalue weighted by molar-refractivity contribution is -0.114. The van der Waals surface area contributed by atoms with Crippen LogP contribution < -0.4 is 4.74 Å². The third kappa shape index (κ3) is 4.28. The zero-order chi connectivity index (χ0) is 23.7. The molecule has 9 heteroatoms. The van der Waals surface area contributed by atoms with Crippen molar-refractivity contribution in [3.63, 3.8) is 0 Å². The molecule has 3 aromatic rings. The van der Waals surface area contributed by atoms with E-state index in [0.29, 0.717) is 27.1 Å². The van der Waals surface area contributed by atoms with Crippen LogP contribution in [0, 0.1) is 12.3 Å². The molecule has 0 bridgehead atoms. The molecule has 3 heterocycles. The number of thioether (sulfide) groups is 1. The van der Waals surface area contributed by atoms with Crippen LogP contribution in [0.1, 0.15) is 27.0 Å². The summed E-state index contributed by atoms with van der Waals surface area (Å²) in [6, 6.07) is 17.4. The highest BCUT2D eigenvalue weighted by molar-refractivity contribution is 8.27. The van der Waals surface area contributed by atoms with Gasteiger partial charge < -0.3 is 4.74 Å². The minimum atomic E-state index is -0.513. The lowest BCUT2D eigenvalue weighted by atomic mass is 10.1. The van der Waals surface area contributed by atoms with Gasteiger partial charge in [-0.15, -0.1) is 0 Å². The van der Waals surface area contributed by atoms with E-state index in [0.717, 1.165) is 11.1 Å². The molecule has 0 radical (unpaired) electrons. The van der Waals surface area contributed by atoms with Gasteiger partial charge in [-0.1, -0.05) is 29.8 Å². The number of aryl methyl sites for hydroxylation is 1. The van der Waals surface area contributed by atoms with Crippen LogP contribution in [0.5, 0.6) is 5.75 Å². The van der Waals surface area contributed by atoms with Crippen LogP contribution in [0.3, 0.4) is 0 Å². The summed E-state index contributed by atoms with van der Waals surface area (Å²) in [5.41, 5.74) is 3.07. The molecule has 0 spiro atoms. The number of hydrogen-bond donors (Lipinski definition) is 1. The highest BCUT2D eigenvalue weighted by Crippen LogP contribution is 2.30. The highest BCUT2D eigenvalue weighted by Gasteiger charge is 2.36. The van der Waals surface area contributed by atoms with Crippen molar-refractivity contribution >= 4 is 45.8 Å². The number of aromatic nitrogens is 1. The molecule has 0 fully saturated rings. The Morgan fingerprint density at radius 3 is 2.56 bits per heavy atom. The second kappa shape index (κ2) is 8.87. The van der Waals surface area contributed by atoms with Crippen molar-refractivity contribution in [2.24, 2.45) is 10.1 Å². The largest absolute Gasteiger partial charge is 0.423 e. The molecule has 0 atom stereocenters. The minimum Gasteiger partial charge on any atom is -0.423 e.